The number of nitrogens with zero attached hydrogens (tertiary/aromatic N) is 2. The number of carbonyl (C=O) groups excluding carboxylic acids is 3. The number of hydrogen-bond donors (Lipinski definition) is 1. The number of amides is 3. The maximum absolute atomic E-state index is 14.0. The van der Waals surface area contributed by atoms with Gasteiger partial charge in [-0.25, -0.2) is 8.78 Å². The van der Waals surface area contributed by atoms with E-state index in [4.69, 9.17) is 4.74 Å². The predicted octanol–water partition coefficient (Wildman–Crippen LogP) is 3.10. The Bertz CT molecular complexity index is 1040. The summed E-state index contributed by atoms with van der Waals surface area (Å²) in [7, 11) is 1.50. The Kier molecular flexibility index (Phi) is 8.20. The van der Waals surface area contributed by atoms with E-state index < -0.39 is 29.1 Å². The van der Waals surface area contributed by atoms with Crippen molar-refractivity contribution in [2.75, 3.05) is 33.3 Å². The van der Waals surface area contributed by atoms with Crippen molar-refractivity contribution in [3.05, 3.63) is 65.2 Å². The molecule has 1 N–H and O–H groups in total. The Morgan fingerprint density at radius 2 is 1.53 bits per heavy atom. The molecule has 1 atom stereocenters. The summed E-state index contributed by atoms with van der Waals surface area (Å²) >= 11 is 0. The highest BCUT2D eigenvalue weighted by atomic mass is 19.1. The summed E-state index contributed by atoms with van der Waals surface area (Å²) in [5.74, 6) is -3.35. The van der Waals surface area contributed by atoms with Crippen molar-refractivity contribution in [2.45, 2.75) is 26.3 Å². The molecule has 0 aromatic heterocycles. The van der Waals surface area contributed by atoms with Crippen LogP contribution < -0.4 is 10.1 Å². The minimum absolute atomic E-state index is 0.185. The molecule has 34 heavy (non-hydrogen) atoms. The van der Waals surface area contributed by atoms with Gasteiger partial charge in [0.15, 0.2) is 0 Å². The molecule has 9 heteroatoms. The number of nitrogens with one attached hydrogen (secondary N) is 1. The first-order valence-corrected chi connectivity index (χ1v) is 11.2. The molecule has 0 radical (unpaired) electrons. The molecule has 1 saturated heterocycles. The van der Waals surface area contributed by atoms with Gasteiger partial charge in [-0.15, -0.1) is 0 Å². The van der Waals surface area contributed by atoms with Gasteiger partial charge in [-0.3, -0.25) is 14.4 Å². The van der Waals surface area contributed by atoms with Gasteiger partial charge in [-0.2, -0.15) is 0 Å². The first kappa shape index (κ1) is 25.1. The summed E-state index contributed by atoms with van der Waals surface area (Å²) in [6.45, 7) is 4.92. The third-order valence-corrected chi connectivity index (χ3v) is 5.84. The molecule has 7 nitrogen and oxygen atoms in total. The van der Waals surface area contributed by atoms with E-state index in [-0.39, 0.29) is 24.3 Å². The minimum atomic E-state index is -0.993. The lowest BCUT2D eigenvalue weighted by atomic mass is 10.0. The monoisotopic (exact) mass is 473 g/mol. The Labute approximate surface area is 197 Å². The van der Waals surface area contributed by atoms with Crippen LogP contribution in [0.2, 0.25) is 0 Å². The van der Waals surface area contributed by atoms with Crippen LogP contribution in [0.25, 0.3) is 0 Å². The largest absolute Gasteiger partial charge is 0.496 e. The molecule has 1 aliphatic rings. The molecular formula is C25H29F2N3O4. The lowest BCUT2D eigenvalue weighted by Crippen LogP contribution is -2.52. The highest BCUT2D eigenvalue weighted by Crippen LogP contribution is 2.21. The van der Waals surface area contributed by atoms with Crippen LogP contribution in [0.1, 0.15) is 41.0 Å². The predicted molar refractivity (Wildman–Crippen MR) is 123 cm³/mol. The Morgan fingerprint density at radius 1 is 0.912 bits per heavy atom. The number of benzene rings is 2. The molecule has 182 valence electrons. The average molecular weight is 474 g/mol. The van der Waals surface area contributed by atoms with E-state index >= 15 is 0 Å². The van der Waals surface area contributed by atoms with Gasteiger partial charge in [-0.05, 0) is 36.6 Å². The van der Waals surface area contributed by atoms with Crippen molar-refractivity contribution >= 4 is 17.7 Å². The zero-order valence-electron chi connectivity index (χ0n) is 19.5. The van der Waals surface area contributed by atoms with Gasteiger partial charge in [0.05, 0.1) is 12.7 Å². The highest BCUT2D eigenvalue weighted by Gasteiger charge is 2.32. The number of ether oxygens (including phenoxy) is 1. The van der Waals surface area contributed by atoms with E-state index in [1.54, 1.807) is 47.9 Å². The molecule has 1 fully saturated rings. The average Bonchev–Trinajstić information content (AvgIpc) is 3.07. The number of methoxy groups -OCH3 is 1. The van der Waals surface area contributed by atoms with Gasteiger partial charge in [0.1, 0.15) is 29.0 Å². The second-order valence-corrected chi connectivity index (χ2v) is 8.46. The van der Waals surface area contributed by atoms with E-state index in [0.29, 0.717) is 37.4 Å². The maximum atomic E-state index is 14.0. The lowest BCUT2D eigenvalue weighted by Gasteiger charge is -2.29. The quantitative estimate of drug-likeness (QED) is 0.700. The summed E-state index contributed by atoms with van der Waals surface area (Å²) in [6.07, 6.45) is 0.549. The van der Waals surface area contributed by atoms with Crippen molar-refractivity contribution in [2.24, 2.45) is 5.92 Å². The van der Waals surface area contributed by atoms with Crippen LogP contribution in [0.5, 0.6) is 5.75 Å². The molecule has 0 spiro atoms. The zero-order chi connectivity index (χ0) is 24.8. The number of carbonyl (C=O) groups is 3. The number of hydrogen-bond acceptors (Lipinski definition) is 4. The third kappa shape index (κ3) is 5.52. The standard InChI is InChI=1S/C25H29F2N3O4/c1-16(2)22(28-23(31)21-18(26)9-6-10-19(21)27)25(33)30-13-7-12-29(14-15-30)24(32)17-8-4-5-11-20(17)34-3/h4-6,8-11,16,22H,7,12-15H2,1-3H3,(H,28,31). The zero-order valence-corrected chi connectivity index (χ0v) is 19.5. The molecule has 3 amide bonds. The summed E-state index contributed by atoms with van der Waals surface area (Å²) < 4.78 is 33.4. The molecule has 0 aliphatic carbocycles. The molecule has 2 aromatic rings. The second kappa shape index (κ2) is 11.1. The van der Waals surface area contributed by atoms with Crippen LogP contribution in [-0.4, -0.2) is 66.9 Å². The van der Waals surface area contributed by atoms with Gasteiger partial charge in [0, 0.05) is 26.2 Å². The first-order valence-electron chi connectivity index (χ1n) is 11.2. The van der Waals surface area contributed by atoms with E-state index in [0.717, 1.165) is 12.1 Å². The first-order chi connectivity index (χ1) is 16.2. The fourth-order valence-corrected chi connectivity index (χ4v) is 3.97. The number of para-hydroxylation sites is 1. The van der Waals surface area contributed by atoms with Gasteiger partial charge < -0.3 is 19.9 Å². The van der Waals surface area contributed by atoms with Crippen molar-refractivity contribution in [3.8, 4) is 5.75 Å². The molecule has 1 unspecified atom stereocenters. The summed E-state index contributed by atoms with van der Waals surface area (Å²) in [5.41, 5.74) is -0.269. The fourth-order valence-electron chi connectivity index (χ4n) is 3.97. The van der Waals surface area contributed by atoms with Crippen LogP contribution >= 0.6 is 0 Å². The molecule has 1 heterocycles. The van der Waals surface area contributed by atoms with E-state index in [2.05, 4.69) is 5.32 Å². The van der Waals surface area contributed by atoms with Gasteiger partial charge in [0.2, 0.25) is 5.91 Å². The van der Waals surface area contributed by atoms with Gasteiger partial charge >= 0.3 is 0 Å². The van der Waals surface area contributed by atoms with E-state index in [1.807, 2.05) is 0 Å². The second-order valence-electron chi connectivity index (χ2n) is 8.46. The van der Waals surface area contributed by atoms with Crippen LogP contribution in [0.3, 0.4) is 0 Å². The maximum Gasteiger partial charge on any atom is 0.257 e. The van der Waals surface area contributed by atoms with Crippen molar-refractivity contribution in [1.82, 2.24) is 15.1 Å². The molecule has 1 aliphatic heterocycles. The van der Waals surface area contributed by atoms with E-state index in [9.17, 15) is 23.2 Å². The van der Waals surface area contributed by atoms with Crippen LogP contribution in [0, 0.1) is 17.6 Å². The van der Waals surface area contributed by atoms with Crippen molar-refractivity contribution in [1.29, 1.82) is 0 Å². The van der Waals surface area contributed by atoms with E-state index in [1.165, 1.54) is 13.2 Å². The fraction of sp³-hybridized carbons (Fsp3) is 0.400. The summed E-state index contributed by atoms with van der Waals surface area (Å²) in [6, 6.07) is 9.14. The normalized spacial score (nSPS) is 15.0. The Balaban J connectivity index is 1.70. The molecule has 0 bridgehead atoms. The lowest BCUT2D eigenvalue weighted by molar-refractivity contribution is -0.134. The number of rotatable bonds is 6. The molecule has 2 aromatic carbocycles. The topological polar surface area (TPSA) is 79.0 Å². The molecular weight excluding hydrogens is 444 g/mol. The highest BCUT2D eigenvalue weighted by molar-refractivity contribution is 5.98. The Hall–Kier alpha value is -3.49. The summed E-state index contributed by atoms with van der Waals surface area (Å²) in [4.78, 5) is 42.1. The summed E-state index contributed by atoms with van der Waals surface area (Å²) in [5, 5.41) is 2.50. The number of halogens is 2. The van der Waals surface area contributed by atoms with Crippen LogP contribution in [0.15, 0.2) is 42.5 Å². The van der Waals surface area contributed by atoms with Gasteiger partial charge in [0.25, 0.3) is 11.8 Å². The SMILES string of the molecule is COc1ccccc1C(=O)N1CCCN(C(=O)C(NC(=O)c2c(F)cccc2F)C(C)C)CC1. The van der Waals surface area contributed by atoms with Crippen LogP contribution in [0.4, 0.5) is 8.78 Å². The van der Waals surface area contributed by atoms with Crippen molar-refractivity contribution in [3.63, 3.8) is 0 Å². The molecule has 3 rings (SSSR count). The van der Waals surface area contributed by atoms with Crippen LogP contribution in [-0.2, 0) is 4.79 Å². The third-order valence-electron chi connectivity index (χ3n) is 5.84. The van der Waals surface area contributed by atoms with Crippen molar-refractivity contribution < 1.29 is 27.9 Å². The Morgan fingerprint density at radius 3 is 2.18 bits per heavy atom. The smallest absolute Gasteiger partial charge is 0.257 e. The minimum Gasteiger partial charge on any atom is -0.496 e. The van der Waals surface area contributed by atoms with Gasteiger partial charge in [-0.1, -0.05) is 32.0 Å². The molecule has 0 saturated carbocycles.